The van der Waals surface area contributed by atoms with E-state index in [0.29, 0.717) is 6.54 Å². The maximum Gasteiger partial charge on any atom is 0.255 e. The lowest BCUT2D eigenvalue weighted by molar-refractivity contribution is 0.605. The van der Waals surface area contributed by atoms with Gasteiger partial charge in [0.2, 0.25) is 0 Å². The van der Waals surface area contributed by atoms with Gasteiger partial charge in [0, 0.05) is 24.4 Å². The number of H-pyrrole nitrogens is 1. The molecule has 0 saturated heterocycles. The summed E-state index contributed by atoms with van der Waals surface area (Å²) in [5.41, 5.74) is 1.83. The Morgan fingerprint density at radius 2 is 2.26 bits per heavy atom. The van der Waals surface area contributed by atoms with Crippen LogP contribution in [0.25, 0.3) is 0 Å². The van der Waals surface area contributed by atoms with E-state index in [4.69, 9.17) is 4.98 Å². The standard InChI is InChI=1S/C14H15N3OS/c18-12-9-8-15-6-3-10(9)16-13(17-12)14(4-5-14)11-2-1-7-19-11/h1-2,7,15H,3-6,8H2,(H,16,17,18). The monoisotopic (exact) mass is 273 g/mol. The topological polar surface area (TPSA) is 57.8 Å². The highest BCUT2D eigenvalue weighted by Crippen LogP contribution is 2.53. The second-order valence-electron chi connectivity index (χ2n) is 5.33. The third-order valence-electron chi connectivity index (χ3n) is 4.14. The summed E-state index contributed by atoms with van der Waals surface area (Å²) in [6.45, 7) is 1.55. The Bertz CT molecular complexity index is 670. The Kier molecular flexibility index (Phi) is 2.40. The Hall–Kier alpha value is -1.46. The van der Waals surface area contributed by atoms with E-state index in [1.165, 1.54) is 4.88 Å². The summed E-state index contributed by atoms with van der Waals surface area (Å²) in [5.74, 6) is 0.876. The smallest absolute Gasteiger partial charge is 0.255 e. The van der Waals surface area contributed by atoms with Crippen LogP contribution in [0.2, 0.25) is 0 Å². The van der Waals surface area contributed by atoms with Crippen LogP contribution >= 0.6 is 11.3 Å². The van der Waals surface area contributed by atoms with Crippen LogP contribution < -0.4 is 10.9 Å². The largest absolute Gasteiger partial charge is 0.312 e. The summed E-state index contributed by atoms with van der Waals surface area (Å²) in [5, 5.41) is 5.32. The number of nitrogens with zero attached hydrogens (tertiary/aromatic N) is 1. The maximum absolute atomic E-state index is 12.2. The highest BCUT2D eigenvalue weighted by atomic mass is 32.1. The van der Waals surface area contributed by atoms with Gasteiger partial charge in [-0.1, -0.05) is 6.07 Å². The van der Waals surface area contributed by atoms with Crippen molar-refractivity contribution in [3.05, 3.63) is 49.8 Å². The van der Waals surface area contributed by atoms with Crippen molar-refractivity contribution in [3.8, 4) is 0 Å². The van der Waals surface area contributed by atoms with Crippen molar-refractivity contribution >= 4 is 11.3 Å². The van der Waals surface area contributed by atoms with Crippen LogP contribution in [0, 0.1) is 0 Å². The first kappa shape index (κ1) is 11.4. The Morgan fingerprint density at radius 1 is 1.37 bits per heavy atom. The molecular formula is C14H15N3OS. The fraction of sp³-hybridized carbons (Fsp3) is 0.429. The fourth-order valence-electron chi connectivity index (χ4n) is 2.86. The van der Waals surface area contributed by atoms with E-state index >= 15 is 0 Å². The van der Waals surface area contributed by atoms with Crippen LogP contribution in [0.5, 0.6) is 0 Å². The van der Waals surface area contributed by atoms with Crippen molar-refractivity contribution in [2.24, 2.45) is 0 Å². The molecule has 4 rings (SSSR count). The molecule has 98 valence electrons. The molecule has 1 fully saturated rings. The molecule has 1 saturated carbocycles. The van der Waals surface area contributed by atoms with E-state index in [-0.39, 0.29) is 11.0 Å². The molecule has 0 unspecified atom stereocenters. The number of thiophene rings is 1. The van der Waals surface area contributed by atoms with Crippen LogP contribution in [0.3, 0.4) is 0 Å². The van der Waals surface area contributed by atoms with Gasteiger partial charge in [0.15, 0.2) is 0 Å². The van der Waals surface area contributed by atoms with E-state index in [9.17, 15) is 4.79 Å². The van der Waals surface area contributed by atoms with E-state index in [1.54, 1.807) is 11.3 Å². The SMILES string of the molecule is O=c1[nH]c(C2(c3cccs3)CC2)nc2c1CNCC2. The Labute approximate surface area is 114 Å². The summed E-state index contributed by atoms with van der Waals surface area (Å²) in [6, 6.07) is 4.22. The summed E-state index contributed by atoms with van der Waals surface area (Å²) in [7, 11) is 0. The van der Waals surface area contributed by atoms with Crippen molar-refractivity contribution < 1.29 is 0 Å². The molecular weight excluding hydrogens is 258 g/mol. The van der Waals surface area contributed by atoms with Gasteiger partial charge in [-0.15, -0.1) is 11.3 Å². The molecule has 3 heterocycles. The lowest BCUT2D eigenvalue weighted by Crippen LogP contribution is -2.33. The number of rotatable bonds is 2. The number of hydrogen-bond donors (Lipinski definition) is 2. The van der Waals surface area contributed by atoms with Crippen molar-refractivity contribution in [1.29, 1.82) is 0 Å². The molecule has 1 aliphatic heterocycles. The number of hydrogen-bond acceptors (Lipinski definition) is 4. The van der Waals surface area contributed by atoms with Crippen LogP contribution in [0.15, 0.2) is 22.3 Å². The van der Waals surface area contributed by atoms with Crippen LogP contribution in [0.1, 0.15) is 34.8 Å². The first-order valence-corrected chi connectivity index (χ1v) is 7.55. The summed E-state index contributed by atoms with van der Waals surface area (Å²) in [6.07, 6.45) is 3.04. The van der Waals surface area contributed by atoms with Crippen molar-refractivity contribution in [2.75, 3.05) is 6.54 Å². The molecule has 4 nitrogen and oxygen atoms in total. The van der Waals surface area contributed by atoms with Gasteiger partial charge in [-0.2, -0.15) is 0 Å². The van der Waals surface area contributed by atoms with Crippen molar-refractivity contribution in [2.45, 2.75) is 31.2 Å². The zero-order valence-electron chi connectivity index (χ0n) is 10.5. The van der Waals surface area contributed by atoms with E-state index < -0.39 is 0 Å². The van der Waals surface area contributed by atoms with Crippen molar-refractivity contribution in [1.82, 2.24) is 15.3 Å². The summed E-state index contributed by atoms with van der Waals surface area (Å²) < 4.78 is 0. The minimum Gasteiger partial charge on any atom is -0.312 e. The average Bonchev–Trinajstić information content (AvgIpc) is 3.06. The van der Waals surface area contributed by atoms with Crippen LogP contribution in [-0.4, -0.2) is 16.5 Å². The molecule has 0 spiro atoms. The third kappa shape index (κ3) is 1.69. The summed E-state index contributed by atoms with van der Waals surface area (Å²) >= 11 is 1.76. The van der Waals surface area contributed by atoms with Gasteiger partial charge < -0.3 is 10.3 Å². The van der Waals surface area contributed by atoms with Gasteiger partial charge >= 0.3 is 0 Å². The van der Waals surface area contributed by atoms with E-state index in [0.717, 1.165) is 42.9 Å². The molecule has 1 aliphatic carbocycles. The molecule has 0 amide bonds. The molecule has 2 aromatic heterocycles. The average molecular weight is 273 g/mol. The number of fused-ring (bicyclic) bond motifs is 1. The fourth-order valence-corrected chi connectivity index (χ4v) is 3.84. The highest BCUT2D eigenvalue weighted by Gasteiger charge is 2.49. The van der Waals surface area contributed by atoms with E-state index in [2.05, 4.69) is 27.8 Å². The highest BCUT2D eigenvalue weighted by molar-refractivity contribution is 7.10. The van der Waals surface area contributed by atoms with Crippen LogP contribution in [-0.2, 0) is 18.4 Å². The maximum atomic E-state index is 12.2. The molecule has 2 aromatic rings. The molecule has 2 N–H and O–H groups in total. The molecule has 0 aromatic carbocycles. The van der Waals surface area contributed by atoms with Gasteiger partial charge in [-0.25, -0.2) is 4.98 Å². The second-order valence-corrected chi connectivity index (χ2v) is 6.27. The van der Waals surface area contributed by atoms with Crippen molar-refractivity contribution in [3.63, 3.8) is 0 Å². The lowest BCUT2D eigenvalue weighted by atomic mass is 10.0. The van der Waals surface area contributed by atoms with Gasteiger partial charge in [-0.3, -0.25) is 4.79 Å². The minimum absolute atomic E-state index is 0.00671. The third-order valence-corrected chi connectivity index (χ3v) is 5.21. The first-order valence-electron chi connectivity index (χ1n) is 6.67. The molecule has 0 atom stereocenters. The minimum atomic E-state index is -0.00671. The quantitative estimate of drug-likeness (QED) is 0.873. The van der Waals surface area contributed by atoms with Gasteiger partial charge in [0.1, 0.15) is 5.82 Å². The Balaban J connectivity index is 1.85. The molecule has 2 aliphatic rings. The predicted molar refractivity (Wildman–Crippen MR) is 74.6 cm³/mol. The van der Waals surface area contributed by atoms with Gasteiger partial charge in [0.05, 0.1) is 16.7 Å². The second kappa shape index (κ2) is 4.02. The van der Waals surface area contributed by atoms with E-state index in [1.807, 2.05) is 0 Å². The van der Waals surface area contributed by atoms with Gasteiger partial charge in [-0.05, 0) is 24.3 Å². The zero-order valence-corrected chi connectivity index (χ0v) is 11.3. The number of aromatic amines is 1. The number of aromatic nitrogens is 2. The Morgan fingerprint density at radius 3 is 3.00 bits per heavy atom. The summed E-state index contributed by atoms with van der Waals surface area (Å²) in [4.78, 5) is 21.3. The lowest BCUT2D eigenvalue weighted by Gasteiger charge is -2.19. The first-order chi connectivity index (χ1) is 9.29. The molecule has 0 bridgehead atoms. The molecule has 0 radical (unpaired) electrons. The predicted octanol–water partition coefficient (Wildman–Crippen LogP) is 1.56. The van der Waals surface area contributed by atoms with Gasteiger partial charge in [0.25, 0.3) is 5.56 Å². The number of nitrogens with one attached hydrogen (secondary N) is 2. The zero-order chi connectivity index (χ0) is 12.9. The normalized spacial score (nSPS) is 20.0. The molecule has 5 heteroatoms. The molecule has 19 heavy (non-hydrogen) atoms. The van der Waals surface area contributed by atoms with Crippen LogP contribution in [0.4, 0.5) is 0 Å².